The fourth-order valence-corrected chi connectivity index (χ4v) is 1.88. The van der Waals surface area contributed by atoms with E-state index >= 15 is 0 Å². The minimum absolute atomic E-state index is 0.154. The zero-order chi connectivity index (χ0) is 14.7. The van der Waals surface area contributed by atoms with E-state index in [1.807, 2.05) is 0 Å². The van der Waals surface area contributed by atoms with Crippen LogP contribution in [0.1, 0.15) is 5.56 Å². The lowest BCUT2D eigenvalue weighted by Gasteiger charge is -2.11. The molecular weight excluding hydrogens is 285 g/mol. The van der Waals surface area contributed by atoms with E-state index in [0.29, 0.717) is 11.3 Å². The second-order valence-electron chi connectivity index (χ2n) is 4.20. The summed E-state index contributed by atoms with van der Waals surface area (Å²) in [5, 5.41) is 5.61. The van der Waals surface area contributed by atoms with Gasteiger partial charge in [0.15, 0.2) is 5.11 Å². The summed E-state index contributed by atoms with van der Waals surface area (Å²) in [6, 6.07) is 7.41. The Labute approximate surface area is 119 Å². The standard InChI is InChI=1S/C14H11F3N2S/c1-8-4-11(2-3-13(8)17)18-14(20)19-12-6-9(15)5-10(16)7-12/h2-7H,1H3,(H2,18,19,20). The first-order valence-corrected chi connectivity index (χ1v) is 6.15. The number of nitrogens with one attached hydrogen (secondary N) is 2. The van der Waals surface area contributed by atoms with Crippen LogP contribution in [0.15, 0.2) is 36.4 Å². The van der Waals surface area contributed by atoms with Crippen LogP contribution in [-0.2, 0) is 0 Å². The van der Waals surface area contributed by atoms with Crippen molar-refractivity contribution in [2.45, 2.75) is 6.92 Å². The van der Waals surface area contributed by atoms with Gasteiger partial charge >= 0.3 is 0 Å². The van der Waals surface area contributed by atoms with Gasteiger partial charge in [-0.05, 0) is 55.0 Å². The molecule has 2 N–H and O–H groups in total. The lowest BCUT2D eigenvalue weighted by Crippen LogP contribution is -2.19. The molecule has 0 bridgehead atoms. The molecule has 0 saturated heterocycles. The highest BCUT2D eigenvalue weighted by Gasteiger charge is 2.04. The Morgan fingerprint density at radius 3 is 2.10 bits per heavy atom. The van der Waals surface area contributed by atoms with Crippen molar-refractivity contribution < 1.29 is 13.2 Å². The smallest absolute Gasteiger partial charge is 0.175 e. The normalized spacial score (nSPS) is 10.2. The number of benzene rings is 2. The van der Waals surface area contributed by atoms with Crippen LogP contribution in [0.2, 0.25) is 0 Å². The van der Waals surface area contributed by atoms with Crippen molar-refractivity contribution in [3.63, 3.8) is 0 Å². The van der Waals surface area contributed by atoms with Gasteiger partial charge in [0, 0.05) is 17.4 Å². The van der Waals surface area contributed by atoms with Crippen LogP contribution in [0.4, 0.5) is 24.5 Å². The van der Waals surface area contributed by atoms with Crippen molar-refractivity contribution >= 4 is 28.7 Å². The van der Waals surface area contributed by atoms with Gasteiger partial charge < -0.3 is 10.6 Å². The van der Waals surface area contributed by atoms with E-state index in [1.54, 1.807) is 13.0 Å². The van der Waals surface area contributed by atoms with Crippen molar-refractivity contribution in [3.05, 3.63) is 59.4 Å². The summed E-state index contributed by atoms with van der Waals surface area (Å²) < 4.78 is 39.1. The van der Waals surface area contributed by atoms with E-state index in [-0.39, 0.29) is 16.6 Å². The van der Waals surface area contributed by atoms with E-state index in [4.69, 9.17) is 12.2 Å². The molecule has 0 aromatic heterocycles. The van der Waals surface area contributed by atoms with Crippen molar-refractivity contribution in [1.29, 1.82) is 0 Å². The molecule has 2 rings (SSSR count). The minimum Gasteiger partial charge on any atom is -0.332 e. The molecule has 0 aliphatic heterocycles. The second kappa shape index (κ2) is 5.92. The molecule has 2 nitrogen and oxygen atoms in total. The monoisotopic (exact) mass is 296 g/mol. The van der Waals surface area contributed by atoms with Crippen LogP contribution in [0.5, 0.6) is 0 Å². The third kappa shape index (κ3) is 3.71. The predicted octanol–water partition coefficient (Wildman–Crippen LogP) is 4.22. The molecule has 0 heterocycles. The van der Waals surface area contributed by atoms with Gasteiger partial charge in [0.2, 0.25) is 0 Å². The quantitative estimate of drug-likeness (QED) is 0.811. The molecule has 0 fully saturated rings. The number of hydrogen-bond acceptors (Lipinski definition) is 1. The maximum Gasteiger partial charge on any atom is 0.175 e. The zero-order valence-corrected chi connectivity index (χ0v) is 11.3. The lowest BCUT2D eigenvalue weighted by molar-refractivity contribution is 0.584. The Morgan fingerprint density at radius 1 is 0.900 bits per heavy atom. The van der Waals surface area contributed by atoms with Gasteiger partial charge in [-0.15, -0.1) is 0 Å². The van der Waals surface area contributed by atoms with Gasteiger partial charge in [0.05, 0.1) is 0 Å². The first kappa shape index (κ1) is 14.3. The maximum absolute atomic E-state index is 13.1. The summed E-state index contributed by atoms with van der Waals surface area (Å²) in [5.41, 5.74) is 1.24. The Bertz CT molecular complexity index is 639. The van der Waals surface area contributed by atoms with Crippen LogP contribution in [0.25, 0.3) is 0 Å². The fourth-order valence-electron chi connectivity index (χ4n) is 1.64. The molecule has 0 spiro atoms. The van der Waals surface area contributed by atoms with Gasteiger partial charge in [0.1, 0.15) is 17.5 Å². The summed E-state index contributed by atoms with van der Waals surface area (Å²) in [6.45, 7) is 1.62. The molecule has 0 unspecified atom stereocenters. The molecule has 0 radical (unpaired) electrons. The molecule has 2 aromatic rings. The molecule has 0 atom stereocenters. The number of aryl methyl sites for hydroxylation is 1. The zero-order valence-electron chi connectivity index (χ0n) is 10.5. The molecule has 0 aliphatic carbocycles. The first-order valence-electron chi connectivity index (χ1n) is 5.74. The number of halogens is 3. The molecule has 104 valence electrons. The highest BCUT2D eigenvalue weighted by molar-refractivity contribution is 7.80. The molecule has 0 saturated carbocycles. The van der Waals surface area contributed by atoms with E-state index in [9.17, 15) is 13.2 Å². The molecule has 2 aromatic carbocycles. The van der Waals surface area contributed by atoms with Crippen LogP contribution >= 0.6 is 12.2 Å². The number of anilines is 2. The topological polar surface area (TPSA) is 24.1 Å². The summed E-state index contributed by atoms with van der Waals surface area (Å²) in [4.78, 5) is 0. The van der Waals surface area contributed by atoms with E-state index < -0.39 is 11.6 Å². The maximum atomic E-state index is 13.1. The Kier molecular flexibility index (Phi) is 4.24. The third-order valence-corrected chi connectivity index (χ3v) is 2.74. The van der Waals surface area contributed by atoms with Crippen molar-refractivity contribution in [3.8, 4) is 0 Å². The summed E-state index contributed by atoms with van der Waals surface area (Å²) in [5.74, 6) is -1.72. The first-order chi connectivity index (χ1) is 9.44. The lowest BCUT2D eigenvalue weighted by atomic mass is 10.2. The van der Waals surface area contributed by atoms with Crippen LogP contribution in [0.3, 0.4) is 0 Å². The number of rotatable bonds is 2. The van der Waals surface area contributed by atoms with Crippen molar-refractivity contribution in [1.82, 2.24) is 0 Å². The van der Waals surface area contributed by atoms with Gasteiger partial charge in [-0.3, -0.25) is 0 Å². The van der Waals surface area contributed by atoms with Crippen LogP contribution < -0.4 is 10.6 Å². The predicted molar refractivity (Wildman–Crippen MR) is 77.3 cm³/mol. The molecule has 6 heteroatoms. The van der Waals surface area contributed by atoms with Crippen LogP contribution in [0, 0.1) is 24.4 Å². The second-order valence-corrected chi connectivity index (χ2v) is 4.61. The summed E-state index contributed by atoms with van der Waals surface area (Å²) in [6.07, 6.45) is 0. The molecule has 0 aliphatic rings. The largest absolute Gasteiger partial charge is 0.332 e. The average molecular weight is 296 g/mol. The van der Waals surface area contributed by atoms with Gasteiger partial charge in [-0.25, -0.2) is 13.2 Å². The summed E-state index contributed by atoms with van der Waals surface area (Å²) >= 11 is 5.02. The Hall–Kier alpha value is -2.08. The summed E-state index contributed by atoms with van der Waals surface area (Å²) in [7, 11) is 0. The van der Waals surface area contributed by atoms with E-state index in [1.165, 1.54) is 12.1 Å². The van der Waals surface area contributed by atoms with Crippen LogP contribution in [-0.4, -0.2) is 5.11 Å². The SMILES string of the molecule is Cc1cc(NC(=S)Nc2cc(F)cc(F)c2)ccc1F. The van der Waals surface area contributed by atoms with Crippen molar-refractivity contribution in [2.75, 3.05) is 10.6 Å². The minimum atomic E-state index is -0.701. The average Bonchev–Trinajstić information content (AvgIpc) is 2.32. The number of hydrogen-bond donors (Lipinski definition) is 2. The molecular formula is C14H11F3N2S. The van der Waals surface area contributed by atoms with Gasteiger partial charge in [-0.1, -0.05) is 0 Å². The third-order valence-electron chi connectivity index (χ3n) is 2.54. The Morgan fingerprint density at radius 2 is 1.50 bits per heavy atom. The van der Waals surface area contributed by atoms with Gasteiger partial charge in [0.25, 0.3) is 0 Å². The van der Waals surface area contributed by atoms with Gasteiger partial charge in [-0.2, -0.15) is 0 Å². The number of thiocarbonyl (C=S) groups is 1. The fraction of sp³-hybridized carbons (Fsp3) is 0.0714. The highest BCUT2D eigenvalue weighted by Crippen LogP contribution is 2.16. The Balaban J connectivity index is 2.06. The van der Waals surface area contributed by atoms with E-state index in [0.717, 1.165) is 18.2 Å². The van der Waals surface area contributed by atoms with E-state index in [2.05, 4.69) is 10.6 Å². The molecule has 0 amide bonds. The van der Waals surface area contributed by atoms with Crippen molar-refractivity contribution in [2.24, 2.45) is 0 Å². The molecule has 20 heavy (non-hydrogen) atoms. The highest BCUT2D eigenvalue weighted by atomic mass is 32.1.